The number of aromatic nitrogens is 1. The number of hydrogen-bond acceptors (Lipinski definition) is 3. The summed E-state index contributed by atoms with van der Waals surface area (Å²) < 4.78 is 7.60. The van der Waals surface area contributed by atoms with Gasteiger partial charge in [-0.2, -0.15) is 0 Å². The second kappa shape index (κ2) is 7.22. The van der Waals surface area contributed by atoms with Crippen LogP contribution < -0.4 is 10.3 Å². The molecule has 1 saturated heterocycles. The molecule has 1 aromatic carbocycles. The number of ether oxygens (including phenoxy) is 1. The maximum atomic E-state index is 12.7. The van der Waals surface area contributed by atoms with E-state index in [0.717, 1.165) is 17.9 Å². The molecule has 2 aliphatic heterocycles. The van der Waals surface area contributed by atoms with Crippen molar-refractivity contribution < 1.29 is 9.53 Å². The fourth-order valence-electron chi connectivity index (χ4n) is 4.29. The summed E-state index contributed by atoms with van der Waals surface area (Å²) in [6.07, 6.45) is 1.05. The van der Waals surface area contributed by atoms with Crippen molar-refractivity contribution in [2.24, 2.45) is 5.92 Å². The number of piperidine rings is 1. The predicted molar refractivity (Wildman–Crippen MR) is 104 cm³/mol. The van der Waals surface area contributed by atoms with Crippen LogP contribution in [0.3, 0.4) is 0 Å². The zero-order valence-electron chi connectivity index (χ0n) is 15.9. The minimum Gasteiger partial charge on any atom is -0.484 e. The summed E-state index contributed by atoms with van der Waals surface area (Å²) in [5.74, 6) is 1.79. The molecule has 0 spiro atoms. The van der Waals surface area contributed by atoms with Crippen molar-refractivity contribution in [1.29, 1.82) is 0 Å². The predicted octanol–water partition coefficient (Wildman–Crippen LogP) is 3.00. The Morgan fingerprint density at radius 1 is 1.11 bits per heavy atom. The summed E-state index contributed by atoms with van der Waals surface area (Å²) in [6, 6.07) is 13.4. The minimum atomic E-state index is 0.0179. The van der Waals surface area contributed by atoms with Gasteiger partial charge < -0.3 is 14.2 Å². The van der Waals surface area contributed by atoms with Gasteiger partial charge in [0.25, 0.3) is 11.5 Å². The van der Waals surface area contributed by atoms with Crippen molar-refractivity contribution in [3.8, 4) is 5.75 Å². The van der Waals surface area contributed by atoms with Gasteiger partial charge in [-0.1, -0.05) is 32.0 Å². The van der Waals surface area contributed by atoms with Gasteiger partial charge in [-0.05, 0) is 42.0 Å². The molecule has 0 aliphatic carbocycles. The number of amides is 1. The molecule has 1 fully saturated rings. The Morgan fingerprint density at radius 2 is 1.89 bits per heavy atom. The maximum Gasteiger partial charge on any atom is 0.260 e. The molecule has 2 atom stereocenters. The molecule has 3 heterocycles. The van der Waals surface area contributed by atoms with Crippen LogP contribution in [0, 0.1) is 5.92 Å². The molecule has 1 aromatic heterocycles. The van der Waals surface area contributed by atoms with Gasteiger partial charge in [-0.25, -0.2) is 0 Å². The van der Waals surface area contributed by atoms with Gasteiger partial charge in [0.2, 0.25) is 0 Å². The molecular formula is C22H26N2O3. The smallest absolute Gasteiger partial charge is 0.260 e. The lowest BCUT2D eigenvalue weighted by molar-refractivity contribution is -0.136. The minimum absolute atomic E-state index is 0.0179. The van der Waals surface area contributed by atoms with Crippen molar-refractivity contribution >= 4 is 5.91 Å². The number of hydrogen-bond donors (Lipinski definition) is 0. The van der Waals surface area contributed by atoms with Crippen molar-refractivity contribution in [2.75, 3.05) is 19.7 Å². The van der Waals surface area contributed by atoms with Crippen LogP contribution >= 0.6 is 0 Å². The monoisotopic (exact) mass is 366 g/mol. The highest BCUT2D eigenvalue weighted by Crippen LogP contribution is 2.34. The van der Waals surface area contributed by atoms with Crippen LogP contribution in [-0.4, -0.2) is 35.1 Å². The van der Waals surface area contributed by atoms with E-state index in [9.17, 15) is 9.59 Å². The second-order valence-electron chi connectivity index (χ2n) is 8.01. The van der Waals surface area contributed by atoms with Crippen molar-refractivity contribution in [3.05, 3.63) is 64.1 Å². The lowest BCUT2D eigenvalue weighted by atomic mass is 9.83. The molecule has 1 amide bonds. The highest BCUT2D eigenvalue weighted by molar-refractivity contribution is 5.78. The summed E-state index contributed by atoms with van der Waals surface area (Å²) >= 11 is 0. The van der Waals surface area contributed by atoms with E-state index >= 15 is 0 Å². The van der Waals surface area contributed by atoms with E-state index in [2.05, 4.69) is 13.8 Å². The summed E-state index contributed by atoms with van der Waals surface area (Å²) in [5.41, 5.74) is 2.38. The van der Waals surface area contributed by atoms with E-state index in [1.807, 2.05) is 45.9 Å². The number of rotatable bonds is 4. The highest BCUT2D eigenvalue weighted by atomic mass is 16.5. The van der Waals surface area contributed by atoms with E-state index in [4.69, 9.17) is 4.74 Å². The van der Waals surface area contributed by atoms with E-state index in [1.54, 1.807) is 6.07 Å². The number of fused-ring (bicyclic) bond motifs is 4. The third kappa shape index (κ3) is 3.64. The molecule has 0 saturated carbocycles. The largest absolute Gasteiger partial charge is 0.484 e. The highest BCUT2D eigenvalue weighted by Gasteiger charge is 2.36. The fraction of sp³-hybridized carbons (Fsp3) is 0.455. The average Bonchev–Trinajstić information content (AvgIpc) is 2.67. The Balaban J connectivity index is 1.40. The Morgan fingerprint density at radius 3 is 2.63 bits per heavy atom. The van der Waals surface area contributed by atoms with E-state index in [0.29, 0.717) is 31.5 Å². The Labute approximate surface area is 159 Å². The molecule has 5 heteroatoms. The first-order valence-electron chi connectivity index (χ1n) is 9.71. The van der Waals surface area contributed by atoms with Crippen LogP contribution in [0.15, 0.2) is 47.3 Å². The maximum absolute atomic E-state index is 12.7. The van der Waals surface area contributed by atoms with Crippen LogP contribution in [0.4, 0.5) is 0 Å². The van der Waals surface area contributed by atoms with Gasteiger partial charge in [-0.3, -0.25) is 9.59 Å². The molecule has 27 heavy (non-hydrogen) atoms. The quantitative estimate of drug-likeness (QED) is 0.836. The van der Waals surface area contributed by atoms with Crippen molar-refractivity contribution in [1.82, 2.24) is 9.47 Å². The number of pyridine rings is 1. The summed E-state index contributed by atoms with van der Waals surface area (Å²) in [5, 5.41) is 0. The lowest BCUT2D eigenvalue weighted by Gasteiger charge is -2.42. The zero-order valence-corrected chi connectivity index (χ0v) is 15.9. The molecule has 4 rings (SSSR count). The van der Waals surface area contributed by atoms with Gasteiger partial charge in [0.1, 0.15) is 5.75 Å². The first-order chi connectivity index (χ1) is 13.0. The SMILES string of the molecule is CC(C)c1ccc(OCC(=O)N2CC3CC(C2)c2cccc(=O)n2C3)cc1. The zero-order chi connectivity index (χ0) is 19.0. The standard InChI is InChI=1S/C22H26N2O3/c1-15(2)17-6-8-19(9-7-17)27-14-22(26)23-11-16-10-18(13-23)20-4-3-5-21(25)24(20)12-16/h3-9,15-16,18H,10-14H2,1-2H3. The first-order valence-corrected chi connectivity index (χ1v) is 9.71. The van der Waals surface area contributed by atoms with Gasteiger partial charge in [-0.15, -0.1) is 0 Å². The summed E-state index contributed by atoms with van der Waals surface area (Å²) in [7, 11) is 0. The normalized spacial score (nSPS) is 21.1. The number of carbonyl (C=O) groups is 1. The third-order valence-corrected chi connectivity index (χ3v) is 5.74. The van der Waals surface area contributed by atoms with Crippen LogP contribution in [-0.2, 0) is 11.3 Å². The number of benzene rings is 1. The fourth-order valence-corrected chi connectivity index (χ4v) is 4.29. The molecule has 2 aromatic rings. The van der Waals surface area contributed by atoms with Crippen LogP contribution in [0.1, 0.15) is 43.4 Å². The summed E-state index contributed by atoms with van der Waals surface area (Å²) in [4.78, 5) is 26.7. The molecule has 142 valence electrons. The first kappa shape index (κ1) is 17.8. The Kier molecular flexibility index (Phi) is 4.77. The van der Waals surface area contributed by atoms with Crippen LogP contribution in [0.25, 0.3) is 0 Å². The molecule has 5 nitrogen and oxygen atoms in total. The Hall–Kier alpha value is -2.56. The van der Waals surface area contributed by atoms with Crippen LogP contribution in [0.2, 0.25) is 0 Å². The summed E-state index contributed by atoms with van der Waals surface area (Å²) in [6.45, 7) is 6.42. The number of carbonyl (C=O) groups excluding carboxylic acids is 1. The van der Waals surface area contributed by atoms with Gasteiger partial charge in [0.05, 0.1) is 0 Å². The van der Waals surface area contributed by atoms with E-state index in [-0.39, 0.29) is 24.0 Å². The second-order valence-corrected chi connectivity index (χ2v) is 8.01. The lowest BCUT2D eigenvalue weighted by Crippen LogP contribution is -2.50. The van der Waals surface area contributed by atoms with Crippen LogP contribution in [0.5, 0.6) is 5.75 Å². The van der Waals surface area contributed by atoms with E-state index in [1.165, 1.54) is 5.56 Å². The van der Waals surface area contributed by atoms with Crippen molar-refractivity contribution in [3.63, 3.8) is 0 Å². The van der Waals surface area contributed by atoms with Crippen molar-refractivity contribution in [2.45, 2.75) is 38.6 Å². The van der Waals surface area contributed by atoms with Gasteiger partial charge in [0.15, 0.2) is 6.61 Å². The molecule has 0 radical (unpaired) electrons. The molecule has 2 unspecified atom stereocenters. The Bertz CT molecular complexity index is 885. The number of nitrogens with zero attached hydrogens (tertiary/aromatic N) is 2. The molecule has 0 N–H and O–H groups in total. The molecular weight excluding hydrogens is 340 g/mol. The topological polar surface area (TPSA) is 51.5 Å². The van der Waals surface area contributed by atoms with Gasteiger partial charge in [0, 0.05) is 37.3 Å². The van der Waals surface area contributed by atoms with E-state index < -0.39 is 0 Å². The number of likely N-dealkylation sites (tertiary alicyclic amines) is 1. The average molecular weight is 366 g/mol. The molecule has 2 bridgehead atoms. The van der Waals surface area contributed by atoms with Gasteiger partial charge >= 0.3 is 0 Å². The third-order valence-electron chi connectivity index (χ3n) is 5.74. The molecule has 2 aliphatic rings.